The third kappa shape index (κ3) is 4.56. The topological polar surface area (TPSA) is 92.6 Å². The molecule has 2 saturated heterocycles. The highest BCUT2D eigenvalue weighted by atomic mass is 19.1. The average Bonchev–Trinajstić information content (AvgIpc) is 2.84. The Kier molecular flexibility index (Phi) is 6.36. The van der Waals surface area contributed by atoms with Gasteiger partial charge in [-0.3, -0.25) is 9.78 Å². The van der Waals surface area contributed by atoms with Crippen LogP contribution in [0.3, 0.4) is 0 Å². The summed E-state index contributed by atoms with van der Waals surface area (Å²) in [5.74, 6) is -0.558. The molecule has 174 valence electrons. The van der Waals surface area contributed by atoms with Gasteiger partial charge in [-0.1, -0.05) is 0 Å². The molecule has 2 aliphatic rings. The van der Waals surface area contributed by atoms with Crippen molar-refractivity contribution in [1.82, 2.24) is 20.1 Å². The first-order valence-corrected chi connectivity index (χ1v) is 11.4. The van der Waals surface area contributed by atoms with Crippen LogP contribution in [-0.2, 0) is 0 Å². The number of halogens is 1. The minimum absolute atomic E-state index is 0.123. The Morgan fingerprint density at radius 3 is 2.45 bits per heavy atom. The van der Waals surface area contributed by atoms with E-state index < -0.39 is 5.41 Å². The molecule has 0 radical (unpaired) electrons. The van der Waals surface area contributed by atoms with E-state index in [9.17, 15) is 19.2 Å². The predicted molar refractivity (Wildman–Crippen MR) is 123 cm³/mol. The SMILES string of the molecule is CCNC(=O)N1CCN(C(=O)c2cnc3ccc(F)cc3c2N2CCC(C)(C#N)CC2)CC1. The summed E-state index contributed by atoms with van der Waals surface area (Å²) in [7, 11) is 0. The van der Waals surface area contributed by atoms with Crippen molar-refractivity contribution in [3.8, 4) is 6.07 Å². The summed E-state index contributed by atoms with van der Waals surface area (Å²) in [6, 6.07) is 6.69. The van der Waals surface area contributed by atoms with Crippen LogP contribution in [0.1, 0.15) is 37.0 Å². The van der Waals surface area contributed by atoms with Crippen molar-refractivity contribution in [2.75, 3.05) is 50.7 Å². The molecule has 0 bridgehead atoms. The first kappa shape index (κ1) is 22.8. The molecular formula is C24H29FN6O2. The van der Waals surface area contributed by atoms with Crippen molar-refractivity contribution in [1.29, 1.82) is 5.26 Å². The maximum absolute atomic E-state index is 14.2. The van der Waals surface area contributed by atoms with Gasteiger partial charge in [-0.25, -0.2) is 9.18 Å². The maximum atomic E-state index is 14.2. The Labute approximate surface area is 193 Å². The average molecular weight is 453 g/mol. The van der Waals surface area contributed by atoms with Crippen LogP contribution in [0.5, 0.6) is 0 Å². The number of nitrogens with zero attached hydrogens (tertiary/aromatic N) is 5. The number of pyridine rings is 1. The second kappa shape index (κ2) is 9.22. The highest BCUT2D eigenvalue weighted by Gasteiger charge is 2.33. The van der Waals surface area contributed by atoms with E-state index in [1.54, 1.807) is 22.1 Å². The van der Waals surface area contributed by atoms with Gasteiger partial charge in [-0.05, 0) is 44.9 Å². The minimum Gasteiger partial charge on any atom is -0.370 e. The quantitative estimate of drug-likeness (QED) is 0.773. The number of hydrogen-bond donors (Lipinski definition) is 1. The fourth-order valence-electron chi connectivity index (χ4n) is 4.53. The number of hydrogen-bond acceptors (Lipinski definition) is 5. The zero-order valence-electron chi connectivity index (χ0n) is 19.1. The zero-order chi connectivity index (χ0) is 23.6. The molecule has 0 atom stereocenters. The normalized spacial score (nSPS) is 18.2. The number of piperazine rings is 1. The van der Waals surface area contributed by atoms with Crippen molar-refractivity contribution in [2.45, 2.75) is 26.7 Å². The number of urea groups is 1. The molecule has 2 aromatic rings. The number of benzene rings is 1. The molecule has 1 aromatic heterocycles. The molecule has 8 nitrogen and oxygen atoms in total. The molecule has 2 aliphatic heterocycles. The first-order valence-electron chi connectivity index (χ1n) is 11.4. The molecule has 3 heterocycles. The van der Waals surface area contributed by atoms with E-state index in [0.29, 0.717) is 80.8 Å². The van der Waals surface area contributed by atoms with Crippen LogP contribution in [0, 0.1) is 22.6 Å². The van der Waals surface area contributed by atoms with Gasteiger partial charge >= 0.3 is 6.03 Å². The number of fused-ring (bicyclic) bond motifs is 1. The summed E-state index contributed by atoms with van der Waals surface area (Å²) in [6.07, 6.45) is 2.91. The van der Waals surface area contributed by atoms with Crippen LogP contribution < -0.4 is 10.2 Å². The number of aromatic nitrogens is 1. The van der Waals surface area contributed by atoms with Gasteiger partial charge in [0.2, 0.25) is 0 Å². The van der Waals surface area contributed by atoms with Crippen molar-refractivity contribution < 1.29 is 14.0 Å². The van der Waals surface area contributed by atoms with Gasteiger partial charge in [-0.2, -0.15) is 5.26 Å². The number of carbonyl (C=O) groups is 2. The van der Waals surface area contributed by atoms with Gasteiger partial charge in [0.05, 0.1) is 28.3 Å². The Morgan fingerprint density at radius 2 is 1.82 bits per heavy atom. The van der Waals surface area contributed by atoms with E-state index in [1.165, 1.54) is 12.1 Å². The number of anilines is 1. The number of nitriles is 1. The van der Waals surface area contributed by atoms with Crippen LogP contribution in [0.2, 0.25) is 0 Å². The van der Waals surface area contributed by atoms with E-state index in [1.807, 2.05) is 13.8 Å². The highest BCUT2D eigenvalue weighted by molar-refractivity contribution is 6.07. The van der Waals surface area contributed by atoms with Crippen LogP contribution in [0.15, 0.2) is 24.4 Å². The van der Waals surface area contributed by atoms with Gasteiger partial charge in [0.25, 0.3) is 5.91 Å². The molecule has 9 heteroatoms. The van der Waals surface area contributed by atoms with Crippen LogP contribution >= 0.6 is 0 Å². The monoisotopic (exact) mass is 452 g/mol. The van der Waals surface area contributed by atoms with E-state index in [4.69, 9.17) is 0 Å². The highest BCUT2D eigenvalue weighted by Crippen LogP contribution is 2.37. The molecule has 1 aromatic carbocycles. The summed E-state index contributed by atoms with van der Waals surface area (Å²) < 4.78 is 14.2. The van der Waals surface area contributed by atoms with Crippen LogP contribution in [0.4, 0.5) is 14.9 Å². The molecule has 33 heavy (non-hydrogen) atoms. The molecule has 0 saturated carbocycles. The van der Waals surface area contributed by atoms with Crippen molar-refractivity contribution in [3.05, 3.63) is 35.8 Å². The molecule has 1 N–H and O–H groups in total. The molecule has 3 amide bonds. The van der Waals surface area contributed by atoms with Crippen molar-refractivity contribution in [3.63, 3.8) is 0 Å². The van der Waals surface area contributed by atoms with Gasteiger partial charge in [0.15, 0.2) is 0 Å². The lowest BCUT2D eigenvalue weighted by molar-refractivity contribution is 0.0665. The second-order valence-electron chi connectivity index (χ2n) is 8.96. The Balaban J connectivity index is 1.64. The molecule has 0 aliphatic carbocycles. The van der Waals surface area contributed by atoms with Crippen molar-refractivity contribution in [2.24, 2.45) is 5.41 Å². The molecule has 4 rings (SSSR count). The summed E-state index contributed by atoms with van der Waals surface area (Å²) in [6.45, 7) is 7.33. The van der Waals surface area contributed by atoms with Crippen molar-refractivity contribution >= 4 is 28.5 Å². The lowest BCUT2D eigenvalue weighted by atomic mass is 9.81. The first-order chi connectivity index (χ1) is 15.8. The zero-order valence-corrected chi connectivity index (χ0v) is 19.1. The van der Waals surface area contributed by atoms with Gasteiger partial charge < -0.3 is 20.0 Å². The van der Waals surface area contributed by atoms with Gasteiger partial charge in [0.1, 0.15) is 5.82 Å². The lowest BCUT2D eigenvalue weighted by Crippen LogP contribution is -2.53. The fourth-order valence-corrected chi connectivity index (χ4v) is 4.53. The van der Waals surface area contributed by atoms with E-state index in [0.717, 1.165) is 0 Å². The summed E-state index contributed by atoms with van der Waals surface area (Å²) >= 11 is 0. The number of rotatable bonds is 3. The third-order valence-corrected chi connectivity index (χ3v) is 6.67. The maximum Gasteiger partial charge on any atom is 0.317 e. The second-order valence-corrected chi connectivity index (χ2v) is 8.96. The number of piperidine rings is 1. The Morgan fingerprint density at radius 1 is 1.15 bits per heavy atom. The molecule has 0 unspecified atom stereocenters. The molecule has 2 fully saturated rings. The Hall–Kier alpha value is -3.41. The predicted octanol–water partition coefficient (Wildman–Crippen LogP) is 2.99. The number of nitrogens with one attached hydrogen (secondary N) is 1. The smallest absolute Gasteiger partial charge is 0.317 e. The van der Waals surface area contributed by atoms with Gasteiger partial charge in [0, 0.05) is 57.4 Å². The standard InChI is InChI=1S/C24H29FN6O2/c1-3-27-23(33)31-12-10-30(11-13-31)22(32)19-15-28-20-5-4-17(25)14-18(20)21(19)29-8-6-24(2,16-26)7-9-29/h4-5,14-15H,3,6-13H2,1-2H3,(H,27,33). The molecular weight excluding hydrogens is 423 g/mol. The third-order valence-electron chi connectivity index (χ3n) is 6.67. The van der Waals surface area contributed by atoms with Crippen LogP contribution in [-0.4, -0.2) is 72.5 Å². The Bertz CT molecular complexity index is 1100. The number of carbonyl (C=O) groups excluding carboxylic acids is 2. The van der Waals surface area contributed by atoms with E-state index >= 15 is 0 Å². The largest absolute Gasteiger partial charge is 0.370 e. The van der Waals surface area contributed by atoms with Crippen LogP contribution in [0.25, 0.3) is 10.9 Å². The summed E-state index contributed by atoms with van der Waals surface area (Å²) in [5.41, 5.74) is 1.33. The summed E-state index contributed by atoms with van der Waals surface area (Å²) in [4.78, 5) is 35.6. The minimum atomic E-state index is -0.399. The lowest BCUT2D eigenvalue weighted by Gasteiger charge is -2.39. The molecule has 0 spiro atoms. The van der Waals surface area contributed by atoms with E-state index in [2.05, 4.69) is 21.3 Å². The fraction of sp³-hybridized carbons (Fsp3) is 0.500. The van der Waals surface area contributed by atoms with Gasteiger partial charge in [-0.15, -0.1) is 0 Å². The summed E-state index contributed by atoms with van der Waals surface area (Å²) in [5, 5.41) is 12.9. The number of amides is 3. The van der Waals surface area contributed by atoms with E-state index in [-0.39, 0.29) is 17.8 Å².